The third-order valence-electron chi connectivity index (χ3n) is 6.18. The van der Waals surface area contributed by atoms with Crippen LogP contribution in [0.15, 0.2) is 11.0 Å². The van der Waals surface area contributed by atoms with Crippen LogP contribution < -0.4 is 35.9 Å². The number of carboxylic acid groups (broad SMARTS) is 1. The number of nitrogen functional groups attached to an aromatic ring is 1. The number of fused-ring (bicyclic) bond motifs is 1. The first-order chi connectivity index (χ1) is 14.4. The predicted molar refractivity (Wildman–Crippen MR) is 108 cm³/mol. The van der Waals surface area contributed by atoms with Crippen molar-refractivity contribution < 1.29 is 23.8 Å². The zero-order valence-electron chi connectivity index (χ0n) is 16.4. The molecule has 3 aliphatic heterocycles. The SMILES string of the molecule is CN1COc2c(N3CC4CCCNC4C3)c(F)c(N)c3c(=O)c(OC(=O)O)cn1c23. The molecule has 0 amide bonds. The fraction of sp³-hybridized carbons (Fsp3) is 0.474. The topological polar surface area (TPSA) is 122 Å². The van der Waals surface area contributed by atoms with Crippen LogP contribution >= 0.6 is 0 Å². The molecule has 11 heteroatoms. The number of piperidine rings is 1. The number of nitrogens with two attached hydrogens (primary N) is 1. The lowest BCUT2D eigenvalue weighted by atomic mass is 9.94. The van der Waals surface area contributed by atoms with Gasteiger partial charge in [-0.15, -0.1) is 0 Å². The molecule has 10 nitrogen and oxygen atoms in total. The number of anilines is 2. The number of nitrogens with one attached hydrogen (secondary N) is 1. The quantitative estimate of drug-likeness (QED) is 0.481. The highest BCUT2D eigenvalue weighted by Crippen LogP contribution is 2.45. The minimum Gasteiger partial charge on any atom is -0.467 e. The van der Waals surface area contributed by atoms with Crippen molar-refractivity contribution in [3.8, 4) is 11.5 Å². The molecule has 2 saturated heterocycles. The highest BCUT2D eigenvalue weighted by atomic mass is 19.1. The molecule has 3 aliphatic rings. The Labute approximate surface area is 170 Å². The van der Waals surface area contributed by atoms with E-state index in [0.29, 0.717) is 24.5 Å². The van der Waals surface area contributed by atoms with Crippen molar-refractivity contribution in [1.29, 1.82) is 0 Å². The molecule has 4 heterocycles. The normalized spacial score (nSPS) is 22.7. The molecule has 0 radical (unpaired) electrons. The van der Waals surface area contributed by atoms with Crippen molar-refractivity contribution in [2.75, 3.05) is 49.1 Å². The number of ether oxygens (including phenoxy) is 2. The van der Waals surface area contributed by atoms with Crippen LogP contribution in [0.5, 0.6) is 11.5 Å². The first-order valence-electron chi connectivity index (χ1n) is 9.80. The molecule has 0 spiro atoms. The summed E-state index contributed by atoms with van der Waals surface area (Å²) in [5.74, 6) is -0.559. The number of hydrogen-bond donors (Lipinski definition) is 3. The molecular formula is C19H22FN5O5. The third kappa shape index (κ3) is 2.65. The Bertz CT molecular complexity index is 1110. The van der Waals surface area contributed by atoms with Gasteiger partial charge in [0, 0.05) is 26.2 Å². The van der Waals surface area contributed by atoms with Crippen molar-refractivity contribution in [2.24, 2.45) is 5.92 Å². The summed E-state index contributed by atoms with van der Waals surface area (Å²) in [7, 11) is 1.69. The maximum absolute atomic E-state index is 15.5. The Hall–Kier alpha value is -3.21. The molecular weight excluding hydrogens is 397 g/mol. The Balaban J connectivity index is 1.74. The van der Waals surface area contributed by atoms with Crippen LogP contribution in [0.4, 0.5) is 20.6 Å². The average Bonchev–Trinajstić information content (AvgIpc) is 3.13. The monoisotopic (exact) mass is 419 g/mol. The van der Waals surface area contributed by atoms with E-state index >= 15 is 4.39 Å². The highest BCUT2D eigenvalue weighted by molar-refractivity contribution is 6.01. The van der Waals surface area contributed by atoms with Crippen LogP contribution in [0.25, 0.3) is 10.9 Å². The molecule has 5 rings (SSSR count). The van der Waals surface area contributed by atoms with Crippen molar-refractivity contribution in [3.63, 3.8) is 0 Å². The molecule has 2 unspecified atom stereocenters. The first-order valence-corrected chi connectivity index (χ1v) is 9.80. The van der Waals surface area contributed by atoms with Crippen LogP contribution in [-0.4, -0.2) is 55.4 Å². The molecule has 2 atom stereocenters. The van der Waals surface area contributed by atoms with Crippen LogP contribution in [0.2, 0.25) is 0 Å². The summed E-state index contributed by atoms with van der Waals surface area (Å²) in [4.78, 5) is 25.8. The molecule has 160 valence electrons. The average molecular weight is 419 g/mol. The standard InChI is InChI=1S/C19H22FN5O5/c1-23-8-29-18-15-12(17(26)11(7-25(15)23)30-19(27)28)14(21)13(20)16(18)24-5-9-3-2-4-22-10(9)6-24/h7,9-10,22H,2-6,8,21H2,1H3,(H,27,28). The van der Waals surface area contributed by atoms with Gasteiger partial charge in [-0.25, -0.2) is 9.18 Å². The third-order valence-corrected chi connectivity index (χ3v) is 6.18. The summed E-state index contributed by atoms with van der Waals surface area (Å²) in [5.41, 5.74) is 5.47. The van der Waals surface area contributed by atoms with Crippen molar-refractivity contribution in [1.82, 2.24) is 9.99 Å². The lowest BCUT2D eigenvalue weighted by Gasteiger charge is -2.34. The van der Waals surface area contributed by atoms with Crippen molar-refractivity contribution in [3.05, 3.63) is 22.2 Å². The minimum absolute atomic E-state index is 0.0762. The minimum atomic E-state index is -1.64. The Morgan fingerprint density at radius 2 is 2.23 bits per heavy atom. The maximum Gasteiger partial charge on any atom is 0.511 e. The van der Waals surface area contributed by atoms with E-state index in [2.05, 4.69) is 10.1 Å². The van der Waals surface area contributed by atoms with Crippen LogP contribution in [0.1, 0.15) is 12.8 Å². The zero-order chi connectivity index (χ0) is 21.2. The van der Waals surface area contributed by atoms with Gasteiger partial charge in [0.15, 0.2) is 18.3 Å². The van der Waals surface area contributed by atoms with Gasteiger partial charge in [-0.1, -0.05) is 0 Å². The second-order valence-corrected chi connectivity index (χ2v) is 7.96. The largest absolute Gasteiger partial charge is 0.511 e. The number of nitrogens with zero attached hydrogens (tertiary/aromatic N) is 3. The van der Waals surface area contributed by atoms with E-state index in [0.717, 1.165) is 19.4 Å². The Morgan fingerprint density at radius 3 is 2.97 bits per heavy atom. The molecule has 2 aromatic rings. The molecule has 1 aromatic carbocycles. The number of carbonyl (C=O) groups is 1. The number of pyridine rings is 1. The van der Waals surface area contributed by atoms with Gasteiger partial charge in [-0.05, 0) is 25.3 Å². The summed E-state index contributed by atoms with van der Waals surface area (Å²) in [5, 5.41) is 13.9. The van der Waals surface area contributed by atoms with Gasteiger partial charge >= 0.3 is 6.16 Å². The summed E-state index contributed by atoms with van der Waals surface area (Å²) in [6.07, 6.45) is 1.77. The van der Waals surface area contributed by atoms with Crippen LogP contribution in [0.3, 0.4) is 0 Å². The fourth-order valence-electron chi connectivity index (χ4n) is 4.80. The Morgan fingerprint density at radius 1 is 1.43 bits per heavy atom. The Kier molecular flexibility index (Phi) is 4.17. The molecule has 1 aromatic heterocycles. The summed E-state index contributed by atoms with van der Waals surface area (Å²) in [6.45, 7) is 2.30. The van der Waals surface area contributed by atoms with E-state index in [4.69, 9.17) is 15.6 Å². The molecule has 4 N–H and O–H groups in total. The number of hydrogen-bond acceptors (Lipinski definition) is 8. The zero-order valence-corrected chi connectivity index (χ0v) is 16.4. The number of benzene rings is 1. The predicted octanol–water partition coefficient (Wildman–Crippen LogP) is 0.885. The smallest absolute Gasteiger partial charge is 0.467 e. The highest BCUT2D eigenvalue weighted by Gasteiger charge is 2.39. The van der Waals surface area contributed by atoms with E-state index in [1.54, 1.807) is 12.1 Å². The first kappa shape index (κ1) is 18.8. The van der Waals surface area contributed by atoms with Gasteiger partial charge in [-0.3, -0.25) is 14.5 Å². The molecule has 0 aliphatic carbocycles. The van der Waals surface area contributed by atoms with Crippen molar-refractivity contribution >= 4 is 28.4 Å². The van der Waals surface area contributed by atoms with Gasteiger partial charge in [0.2, 0.25) is 11.2 Å². The molecule has 30 heavy (non-hydrogen) atoms. The van der Waals surface area contributed by atoms with Gasteiger partial charge in [0.05, 0.1) is 17.3 Å². The lowest BCUT2D eigenvalue weighted by Crippen LogP contribution is -2.41. The van der Waals surface area contributed by atoms with Gasteiger partial charge in [-0.2, -0.15) is 0 Å². The van der Waals surface area contributed by atoms with E-state index in [1.807, 2.05) is 4.90 Å². The summed E-state index contributed by atoms with van der Waals surface area (Å²) >= 11 is 0. The summed E-state index contributed by atoms with van der Waals surface area (Å²) < 4.78 is 27.6. The van der Waals surface area contributed by atoms with E-state index < -0.39 is 23.2 Å². The number of halogens is 1. The second-order valence-electron chi connectivity index (χ2n) is 7.96. The van der Waals surface area contributed by atoms with Crippen LogP contribution in [-0.2, 0) is 0 Å². The molecule has 0 saturated carbocycles. The second kappa shape index (κ2) is 6.66. The lowest BCUT2D eigenvalue weighted by molar-refractivity contribution is 0.143. The van der Waals surface area contributed by atoms with E-state index in [-0.39, 0.29) is 35.3 Å². The molecule has 0 bridgehead atoms. The number of rotatable bonds is 2. The fourth-order valence-corrected chi connectivity index (χ4v) is 4.80. The van der Waals surface area contributed by atoms with Gasteiger partial charge < -0.3 is 30.5 Å². The van der Waals surface area contributed by atoms with Crippen LogP contribution in [0, 0.1) is 11.7 Å². The molecule has 2 fully saturated rings. The van der Waals surface area contributed by atoms with Gasteiger partial charge in [0.1, 0.15) is 11.2 Å². The summed E-state index contributed by atoms with van der Waals surface area (Å²) in [6, 6.07) is 0.266. The van der Waals surface area contributed by atoms with Gasteiger partial charge in [0.25, 0.3) is 0 Å². The maximum atomic E-state index is 15.5. The van der Waals surface area contributed by atoms with E-state index in [9.17, 15) is 9.59 Å². The number of aromatic nitrogens is 1. The van der Waals surface area contributed by atoms with E-state index in [1.165, 1.54) is 10.9 Å². The van der Waals surface area contributed by atoms with Crippen molar-refractivity contribution in [2.45, 2.75) is 18.9 Å².